The van der Waals surface area contributed by atoms with Crippen LogP contribution in [0.3, 0.4) is 0 Å². The lowest BCUT2D eigenvalue weighted by molar-refractivity contribution is -0.181. The fraction of sp³-hybridized carbons (Fsp3) is 0.391. The van der Waals surface area contributed by atoms with Crippen LogP contribution in [0.5, 0.6) is 5.75 Å². The van der Waals surface area contributed by atoms with E-state index in [0.29, 0.717) is 30.2 Å². The molecule has 0 aliphatic carbocycles. The van der Waals surface area contributed by atoms with E-state index in [9.17, 15) is 15.3 Å². The minimum Gasteiger partial charge on any atom is -0.493 e. The molecular weight excluding hydrogens is 392 g/mol. The van der Waals surface area contributed by atoms with Gasteiger partial charge in [0.2, 0.25) is 0 Å². The van der Waals surface area contributed by atoms with Crippen molar-refractivity contribution in [3.8, 4) is 5.75 Å². The van der Waals surface area contributed by atoms with Crippen molar-refractivity contribution in [3.63, 3.8) is 0 Å². The lowest BCUT2D eigenvalue weighted by Crippen LogP contribution is -2.47. The first-order valence-corrected chi connectivity index (χ1v) is 10.2. The predicted octanol–water partition coefficient (Wildman–Crippen LogP) is 3.05. The molecule has 2 aliphatic heterocycles. The van der Waals surface area contributed by atoms with Gasteiger partial charge in [-0.05, 0) is 29.2 Å². The Kier molecular flexibility index (Phi) is 5.95. The summed E-state index contributed by atoms with van der Waals surface area (Å²) in [6.45, 7) is 3.96. The summed E-state index contributed by atoms with van der Waals surface area (Å²) in [5.41, 5.74) is 4.90. The quantitative estimate of drug-likeness (QED) is 0.698. The Morgan fingerprint density at radius 1 is 1.21 bits per heavy atom. The van der Waals surface area contributed by atoms with E-state index in [-0.39, 0.29) is 13.0 Å². The Morgan fingerprint density at radius 3 is 2.66 bits per heavy atom. The third-order valence-corrected chi connectivity index (χ3v) is 6.19. The molecule has 0 bridgehead atoms. The van der Waals surface area contributed by atoms with Crippen LogP contribution < -0.4 is 4.74 Å². The first-order chi connectivity index (χ1) is 14.0. The van der Waals surface area contributed by atoms with Gasteiger partial charge in [-0.2, -0.15) is 0 Å². The molecule has 4 atom stereocenters. The average molecular weight is 417 g/mol. The molecule has 1 fully saturated rings. The van der Waals surface area contributed by atoms with Gasteiger partial charge in [-0.25, -0.2) is 0 Å². The molecule has 5 nitrogen and oxygen atoms in total. The maximum Gasteiger partial charge on any atom is 0.129 e. The number of fused-ring (bicyclic) bond motifs is 1. The average Bonchev–Trinajstić information content (AvgIpc) is 3.23. The van der Waals surface area contributed by atoms with Gasteiger partial charge in [0.15, 0.2) is 0 Å². The largest absolute Gasteiger partial charge is 0.493 e. The predicted molar refractivity (Wildman–Crippen MR) is 111 cm³/mol. The number of hydrogen-bond acceptors (Lipinski definition) is 5. The topological polar surface area (TPSA) is 79.2 Å². The molecule has 2 heterocycles. The molecule has 0 saturated carbocycles. The lowest BCUT2D eigenvalue weighted by atomic mass is 9.90. The van der Waals surface area contributed by atoms with Crippen LogP contribution in [-0.2, 0) is 17.6 Å². The molecule has 0 spiro atoms. The number of aliphatic hydroxyl groups excluding tert-OH is 3. The van der Waals surface area contributed by atoms with Crippen LogP contribution in [0.2, 0.25) is 5.02 Å². The van der Waals surface area contributed by atoms with Crippen LogP contribution in [0, 0.1) is 0 Å². The molecule has 0 amide bonds. The number of rotatable bonds is 5. The van der Waals surface area contributed by atoms with Crippen LogP contribution in [0.4, 0.5) is 0 Å². The van der Waals surface area contributed by atoms with Crippen molar-refractivity contribution in [1.82, 2.24) is 0 Å². The van der Waals surface area contributed by atoms with E-state index in [4.69, 9.17) is 21.1 Å². The highest BCUT2D eigenvalue weighted by atomic mass is 35.5. The standard InChI is InChI=1S/C23H25ClO5/c1-2-13-3-5-14(6-4-13)9-15-10-17(23-16(21(15)24)7-8-28-23)19-11-18(26)22(27)20(12-25)29-19/h2-6,10,18-20,22,25-27H,1,7-9,11-12H2/t18?,19?,20?,22-/m0/s1. The molecule has 2 aliphatic rings. The first kappa shape index (κ1) is 20.4. The summed E-state index contributed by atoms with van der Waals surface area (Å²) in [4.78, 5) is 0. The second kappa shape index (κ2) is 8.46. The van der Waals surface area contributed by atoms with E-state index in [2.05, 4.69) is 18.7 Å². The van der Waals surface area contributed by atoms with Crippen molar-refractivity contribution < 1.29 is 24.8 Å². The van der Waals surface area contributed by atoms with Crippen LogP contribution in [0.15, 0.2) is 36.9 Å². The van der Waals surface area contributed by atoms with E-state index in [1.807, 2.05) is 18.2 Å². The highest BCUT2D eigenvalue weighted by Crippen LogP contribution is 2.44. The summed E-state index contributed by atoms with van der Waals surface area (Å²) in [7, 11) is 0. The first-order valence-electron chi connectivity index (χ1n) is 9.82. The molecule has 2 aromatic rings. The Hall–Kier alpha value is -1.89. The SMILES string of the molecule is C=Cc1ccc(Cc2cc(C3CC(O)[C@H](O)C(CO)O3)c3c(c2Cl)CCO3)cc1. The highest BCUT2D eigenvalue weighted by Gasteiger charge is 2.39. The van der Waals surface area contributed by atoms with Crippen LogP contribution in [0.25, 0.3) is 6.08 Å². The normalized spacial score (nSPS) is 26.1. The lowest BCUT2D eigenvalue weighted by Gasteiger charge is -2.37. The number of halogens is 1. The molecule has 29 heavy (non-hydrogen) atoms. The zero-order valence-electron chi connectivity index (χ0n) is 16.1. The summed E-state index contributed by atoms with van der Waals surface area (Å²) < 4.78 is 11.8. The Labute approximate surface area is 175 Å². The molecular formula is C23H25ClO5. The zero-order chi connectivity index (χ0) is 20.5. The maximum absolute atomic E-state index is 10.3. The van der Waals surface area contributed by atoms with Gasteiger partial charge in [0.1, 0.15) is 18.0 Å². The van der Waals surface area contributed by atoms with Crippen molar-refractivity contribution in [2.45, 2.75) is 43.7 Å². The summed E-state index contributed by atoms with van der Waals surface area (Å²) in [6, 6.07) is 10.1. The number of aliphatic hydroxyl groups is 3. The molecule has 1 saturated heterocycles. The van der Waals surface area contributed by atoms with Crippen LogP contribution in [-0.4, -0.2) is 46.8 Å². The summed E-state index contributed by atoms with van der Waals surface area (Å²) in [5.74, 6) is 0.700. The van der Waals surface area contributed by atoms with Crippen molar-refractivity contribution >= 4 is 17.7 Å². The maximum atomic E-state index is 10.3. The number of hydrogen-bond donors (Lipinski definition) is 3. The monoisotopic (exact) mass is 416 g/mol. The number of benzene rings is 2. The van der Waals surface area contributed by atoms with Gasteiger partial charge in [-0.15, -0.1) is 0 Å². The highest BCUT2D eigenvalue weighted by molar-refractivity contribution is 6.32. The van der Waals surface area contributed by atoms with Gasteiger partial charge in [0.05, 0.1) is 30.4 Å². The summed E-state index contributed by atoms with van der Waals surface area (Å²) >= 11 is 6.71. The molecule has 6 heteroatoms. The van der Waals surface area contributed by atoms with E-state index >= 15 is 0 Å². The molecule has 3 N–H and O–H groups in total. The third-order valence-electron chi connectivity index (χ3n) is 5.72. The van der Waals surface area contributed by atoms with Gasteiger partial charge in [-0.3, -0.25) is 0 Å². The summed E-state index contributed by atoms with van der Waals surface area (Å²) in [5, 5.41) is 30.5. The molecule has 2 aromatic carbocycles. The molecule has 0 radical (unpaired) electrons. The van der Waals surface area contributed by atoms with E-state index < -0.39 is 24.4 Å². The smallest absolute Gasteiger partial charge is 0.129 e. The molecule has 154 valence electrons. The van der Waals surface area contributed by atoms with Crippen LogP contribution in [0.1, 0.15) is 40.3 Å². The molecule has 3 unspecified atom stereocenters. The Morgan fingerprint density at radius 2 is 1.97 bits per heavy atom. The van der Waals surface area contributed by atoms with Gasteiger partial charge in [0, 0.05) is 24.0 Å². The number of ether oxygens (including phenoxy) is 2. The van der Waals surface area contributed by atoms with Gasteiger partial charge in [0.25, 0.3) is 0 Å². The minimum atomic E-state index is -1.11. The second-order valence-electron chi connectivity index (χ2n) is 7.61. The van der Waals surface area contributed by atoms with Gasteiger partial charge in [-0.1, -0.05) is 48.5 Å². The Bertz CT molecular complexity index is 895. The minimum absolute atomic E-state index is 0.225. The van der Waals surface area contributed by atoms with Crippen molar-refractivity contribution in [3.05, 3.63) is 69.8 Å². The molecule has 4 rings (SSSR count). The second-order valence-corrected chi connectivity index (χ2v) is 7.98. The fourth-order valence-corrected chi connectivity index (χ4v) is 4.40. The van der Waals surface area contributed by atoms with Crippen LogP contribution >= 0.6 is 11.6 Å². The van der Waals surface area contributed by atoms with Gasteiger partial charge >= 0.3 is 0 Å². The van der Waals surface area contributed by atoms with E-state index in [1.54, 1.807) is 6.08 Å². The van der Waals surface area contributed by atoms with Gasteiger partial charge < -0.3 is 24.8 Å². The Balaban J connectivity index is 1.70. The van der Waals surface area contributed by atoms with Crippen molar-refractivity contribution in [2.24, 2.45) is 0 Å². The summed E-state index contributed by atoms with van der Waals surface area (Å²) in [6.07, 6.45) is -0.0253. The third kappa shape index (κ3) is 3.93. The van der Waals surface area contributed by atoms with Crippen molar-refractivity contribution in [2.75, 3.05) is 13.2 Å². The fourth-order valence-electron chi connectivity index (χ4n) is 4.10. The van der Waals surface area contributed by atoms with Crippen molar-refractivity contribution in [1.29, 1.82) is 0 Å². The van der Waals surface area contributed by atoms with E-state index in [0.717, 1.165) is 27.8 Å². The van der Waals surface area contributed by atoms with E-state index in [1.165, 1.54) is 0 Å². The molecule has 0 aromatic heterocycles. The zero-order valence-corrected chi connectivity index (χ0v) is 16.8.